The molecule has 1 aliphatic rings. The van der Waals surface area contributed by atoms with Crippen molar-refractivity contribution in [3.63, 3.8) is 0 Å². The molecule has 2 atom stereocenters. The highest BCUT2D eigenvalue weighted by molar-refractivity contribution is 5.77. The Morgan fingerprint density at radius 2 is 2.25 bits per heavy atom. The highest BCUT2D eigenvalue weighted by Crippen LogP contribution is 2.48. The Hall–Kier alpha value is -1.52. The first-order valence-corrected chi connectivity index (χ1v) is 5.80. The van der Waals surface area contributed by atoms with Gasteiger partial charge in [0.15, 0.2) is 5.65 Å². The van der Waals surface area contributed by atoms with Gasteiger partial charge in [0, 0.05) is 13.1 Å². The summed E-state index contributed by atoms with van der Waals surface area (Å²) in [5, 5.41) is 4.39. The minimum absolute atomic E-state index is 0.532. The van der Waals surface area contributed by atoms with E-state index in [1.807, 2.05) is 18.7 Å². The lowest BCUT2D eigenvalue weighted by Crippen LogP contribution is -2.06. The van der Waals surface area contributed by atoms with Crippen LogP contribution in [0, 0.1) is 12.8 Å². The Morgan fingerprint density at radius 1 is 1.50 bits per heavy atom. The molecule has 0 bridgehead atoms. The first kappa shape index (κ1) is 9.69. The van der Waals surface area contributed by atoms with Crippen LogP contribution in [0.5, 0.6) is 0 Å². The number of nitrogen functional groups attached to an aromatic ring is 1. The van der Waals surface area contributed by atoms with Crippen LogP contribution in [-0.4, -0.2) is 19.3 Å². The molecule has 1 aliphatic carbocycles. The molecule has 0 spiro atoms. The highest BCUT2D eigenvalue weighted by Gasteiger charge is 2.39. The third-order valence-electron chi connectivity index (χ3n) is 3.60. The average Bonchev–Trinajstić information content (AvgIpc) is 2.86. The van der Waals surface area contributed by atoms with Gasteiger partial charge in [-0.1, -0.05) is 13.3 Å². The summed E-state index contributed by atoms with van der Waals surface area (Å²) >= 11 is 0. The van der Waals surface area contributed by atoms with Crippen molar-refractivity contribution in [2.75, 3.05) is 5.73 Å². The van der Waals surface area contributed by atoms with E-state index in [1.54, 1.807) is 0 Å². The molecule has 2 aromatic heterocycles. The minimum Gasteiger partial charge on any atom is -0.369 e. The second-order valence-corrected chi connectivity index (χ2v) is 4.69. The fourth-order valence-corrected chi connectivity index (χ4v) is 2.63. The van der Waals surface area contributed by atoms with E-state index in [0.29, 0.717) is 12.0 Å². The number of rotatable bonds is 2. The summed E-state index contributed by atoms with van der Waals surface area (Å²) in [6.45, 7) is 4.20. The van der Waals surface area contributed by atoms with Crippen LogP contribution in [0.3, 0.4) is 0 Å². The van der Waals surface area contributed by atoms with E-state index in [2.05, 4.69) is 21.6 Å². The van der Waals surface area contributed by atoms with E-state index in [-0.39, 0.29) is 0 Å². The number of aromatic nitrogens is 4. The Kier molecular flexibility index (Phi) is 1.81. The van der Waals surface area contributed by atoms with Crippen LogP contribution >= 0.6 is 0 Å². The number of nitrogens with zero attached hydrogens (tertiary/aromatic N) is 4. The van der Waals surface area contributed by atoms with E-state index in [1.165, 1.54) is 12.8 Å². The Morgan fingerprint density at radius 3 is 2.88 bits per heavy atom. The molecule has 0 radical (unpaired) electrons. The largest absolute Gasteiger partial charge is 0.369 e. The third-order valence-corrected chi connectivity index (χ3v) is 3.60. The molecule has 2 N–H and O–H groups in total. The van der Waals surface area contributed by atoms with Crippen molar-refractivity contribution >= 4 is 17.1 Å². The predicted molar refractivity (Wildman–Crippen MR) is 63.1 cm³/mol. The van der Waals surface area contributed by atoms with Gasteiger partial charge in [-0.25, -0.2) is 4.98 Å². The first-order chi connectivity index (χ1) is 7.63. The Bertz CT molecular complexity index is 550. The van der Waals surface area contributed by atoms with E-state index in [0.717, 1.165) is 22.8 Å². The molecule has 0 aliphatic heterocycles. The van der Waals surface area contributed by atoms with Gasteiger partial charge in [0.05, 0.1) is 5.69 Å². The second-order valence-electron chi connectivity index (χ2n) is 4.69. The molecule has 5 heteroatoms. The molecule has 2 aromatic rings. The van der Waals surface area contributed by atoms with Crippen molar-refractivity contribution in [2.45, 2.75) is 32.7 Å². The molecule has 3 rings (SSSR count). The van der Waals surface area contributed by atoms with Crippen LogP contribution in [0.2, 0.25) is 0 Å². The summed E-state index contributed by atoms with van der Waals surface area (Å²) in [4.78, 5) is 4.42. The van der Waals surface area contributed by atoms with Crippen LogP contribution in [0.25, 0.3) is 11.2 Å². The fourth-order valence-electron chi connectivity index (χ4n) is 2.63. The van der Waals surface area contributed by atoms with E-state index in [9.17, 15) is 0 Å². The topological polar surface area (TPSA) is 61.7 Å². The van der Waals surface area contributed by atoms with E-state index >= 15 is 0 Å². The van der Waals surface area contributed by atoms with Crippen LogP contribution in [-0.2, 0) is 7.05 Å². The maximum absolute atomic E-state index is 6.00. The molecule has 0 aromatic carbocycles. The van der Waals surface area contributed by atoms with Gasteiger partial charge in [0.1, 0.15) is 5.52 Å². The van der Waals surface area contributed by atoms with Crippen LogP contribution in [0.4, 0.5) is 5.95 Å². The molecule has 1 saturated carbocycles. The molecule has 0 saturated heterocycles. The van der Waals surface area contributed by atoms with Crippen molar-refractivity contribution in [1.29, 1.82) is 0 Å². The van der Waals surface area contributed by atoms with Gasteiger partial charge in [0.2, 0.25) is 5.95 Å². The molecule has 2 heterocycles. The summed E-state index contributed by atoms with van der Waals surface area (Å²) in [6.07, 6.45) is 2.43. The number of hydrogen-bond donors (Lipinski definition) is 1. The van der Waals surface area contributed by atoms with Crippen molar-refractivity contribution in [3.8, 4) is 0 Å². The lowest BCUT2D eigenvalue weighted by molar-refractivity contribution is 0.638. The zero-order valence-electron chi connectivity index (χ0n) is 9.94. The summed E-state index contributed by atoms with van der Waals surface area (Å²) in [5.41, 5.74) is 8.97. The van der Waals surface area contributed by atoms with E-state index < -0.39 is 0 Å². The Balaban J connectivity index is 2.20. The molecule has 1 fully saturated rings. The zero-order valence-corrected chi connectivity index (χ0v) is 9.94. The van der Waals surface area contributed by atoms with Gasteiger partial charge >= 0.3 is 0 Å². The van der Waals surface area contributed by atoms with Gasteiger partial charge in [-0.2, -0.15) is 5.10 Å². The van der Waals surface area contributed by atoms with Crippen LogP contribution in [0.1, 0.15) is 31.5 Å². The molecule has 0 amide bonds. The van der Waals surface area contributed by atoms with Crippen molar-refractivity contribution in [1.82, 2.24) is 19.3 Å². The van der Waals surface area contributed by atoms with Crippen LogP contribution in [0.15, 0.2) is 0 Å². The fraction of sp³-hybridized carbons (Fsp3) is 0.636. The quantitative estimate of drug-likeness (QED) is 0.835. The summed E-state index contributed by atoms with van der Waals surface area (Å²) in [7, 11) is 1.95. The maximum Gasteiger partial charge on any atom is 0.202 e. The number of imidazole rings is 1. The van der Waals surface area contributed by atoms with E-state index in [4.69, 9.17) is 5.73 Å². The van der Waals surface area contributed by atoms with Crippen molar-refractivity contribution in [3.05, 3.63) is 5.69 Å². The van der Waals surface area contributed by atoms with Gasteiger partial charge in [0.25, 0.3) is 0 Å². The summed E-state index contributed by atoms with van der Waals surface area (Å²) in [6, 6.07) is 0.532. The molecule has 86 valence electrons. The highest BCUT2D eigenvalue weighted by atomic mass is 15.4. The Labute approximate surface area is 94.2 Å². The maximum atomic E-state index is 6.00. The lowest BCUT2D eigenvalue weighted by atomic mass is 10.3. The first-order valence-electron chi connectivity index (χ1n) is 5.80. The van der Waals surface area contributed by atoms with Gasteiger partial charge in [-0.15, -0.1) is 0 Å². The number of hydrogen-bond acceptors (Lipinski definition) is 3. The zero-order chi connectivity index (χ0) is 11.4. The standard InChI is InChI=1S/C11H17N5/c1-4-7-5-8(7)16-10-9(13-11(16)12)6(2)14-15(10)3/h7-8H,4-5H2,1-3H3,(H2,12,13). The minimum atomic E-state index is 0.532. The summed E-state index contributed by atoms with van der Waals surface area (Å²) < 4.78 is 4.04. The van der Waals surface area contributed by atoms with Crippen LogP contribution < -0.4 is 5.73 Å². The van der Waals surface area contributed by atoms with Gasteiger partial charge in [-0.3, -0.25) is 9.25 Å². The number of nitrogens with two attached hydrogens (primary N) is 1. The smallest absolute Gasteiger partial charge is 0.202 e. The lowest BCUT2D eigenvalue weighted by Gasteiger charge is -2.05. The monoisotopic (exact) mass is 219 g/mol. The van der Waals surface area contributed by atoms with Crippen molar-refractivity contribution < 1.29 is 0 Å². The summed E-state index contributed by atoms with van der Waals surface area (Å²) in [5.74, 6) is 1.39. The molecule has 16 heavy (non-hydrogen) atoms. The van der Waals surface area contributed by atoms with Gasteiger partial charge in [-0.05, 0) is 19.3 Å². The molecular formula is C11H17N5. The predicted octanol–water partition coefficient (Wildman–Crippen LogP) is 1.63. The molecule has 5 nitrogen and oxygen atoms in total. The third kappa shape index (κ3) is 1.11. The van der Waals surface area contributed by atoms with Gasteiger partial charge < -0.3 is 5.73 Å². The number of anilines is 1. The van der Waals surface area contributed by atoms with Crippen molar-refractivity contribution in [2.24, 2.45) is 13.0 Å². The molecule has 2 unspecified atom stereocenters. The SMILES string of the molecule is CCC1CC1n1c(N)nc2c(C)nn(C)c21. The second kappa shape index (κ2) is 2.99. The number of fused-ring (bicyclic) bond motifs is 1. The number of aryl methyl sites for hydroxylation is 2. The average molecular weight is 219 g/mol. The molecular weight excluding hydrogens is 202 g/mol. The normalized spacial score (nSPS) is 24.2.